The van der Waals surface area contributed by atoms with E-state index in [-0.39, 0.29) is 0 Å². The molecule has 2 nitrogen and oxygen atoms in total. The molecule has 0 unspecified atom stereocenters. The van der Waals surface area contributed by atoms with Crippen LogP contribution in [-0.2, 0) is 4.79 Å². The zero-order valence-electron chi connectivity index (χ0n) is 7.81. The SMILES string of the molecule is CCCCCC(=O)C1=NCCC1. The van der Waals surface area contributed by atoms with E-state index in [0.717, 1.165) is 31.5 Å². The third-order valence-electron chi connectivity index (χ3n) is 2.20. The Bertz CT molecular complexity index is 184. The monoisotopic (exact) mass is 167 g/mol. The first-order chi connectivity index (χ1) is 5.84. The van der Waals surface area contributed by atoms with Gasteiger partial charge >= 0.3 is 0 Å². The minimum absolute atomic E-state index is 0.293. The first-order valence-corrected chi connectivity index (χ1v) is 4.91. The molecule has 1 rings (SSSR count). The van der Waals surface area contributed by atoms with E-state index in [9.17, 15) is 4.79 Å². The van der Waals surface area contributed by atoms with Gasteiger partial charge in [-0.2, -0.15) is 0 Å². The van der Waals surface area contributed by atoms with Crippen LogP contribution >= 0.6 is 0 Å². The molecule has 0 N–H and O–H groups in total. The molecule has 0 amide bonds. The van der Waals surface area contributed by atoms with Gasteiger partial charge < -0.3 is 0 Å². The molecule has 0 aliphatic carbocycles. The summed E-state index contributed by atoms with van der Waals surface area (Å²) in [6, 6.07) is 0. The number of hydrogen-bond acceptors (Lipinski definition) is 2. The highest BCUT2D eigenvalue weighted by molar-refractivity contribution is 6.40. The number of rotatable bonds is 5. The average Bonchev–Trinajstić information content (AvgIpc) is 2.56. The summed E-state index contributed by atoms with van der Waals surface area (Å²) in [5.41, 5.74) is 0.853. The smallest absolute Gasteiger partial charge is 0.176 e. The van der Waals surface area contributed by atoms with Crippen molar-refractivity contribution in [1.29, 1.82) is 0 Å². The Kier molecular flexibility index (Phi) is 3.98. The van der Waals surface area contributed by atoms with Gasteiger partial charge in [-0.15, -0.1) is 0 Å². The van der Waals surface area contributed by atoms with Gasteiger partial charge in [0, 0.05) is 13.0 Å². The molecule has 12 heavy (non-hydrogen) atoms. The Labute approximate surface area is 74.1 Å². The predicted octanol–water partition coefficient (Wildman–Crippen LogP) is 2.37. The highest BCUT2D eigenvalue weighted by atomic mass is 16.1. The lowest BCUT2D eigenvalue weighted by molar-refractivity contribution is -0.113. The van der Waals surface area contributed by atoms with Crippen molar-refractivity contribution in [3.8, 4) is 0 Å². The molecule has 0 aromatic heterocycles. The van der Waals surface area contributed by atoms with Gasteiger partial charge in [0.15, 0.2) is 5.78 Å². The second-order valence-electron chi connectivity index (χ2n) is 3.31. The van der Waals surface area contributed by atoms with Crippen molar-refractivity contribution in [2.75, 3.05) is 6.54 Å². The molecule has 0 spiro atoms. The summed E-state index contributed by atoms with van der Waals surface area (Å²) in [5, 5.41) is 0. The Hall–Kier alpha value is -0.660. The highest BCUT2D eigenvalue weighted by Crippen LogP contribution is 2.08. The van der Waals surface area contributed by atoms with E-state index in [1.165, 1.54) is 12.8 Å². The Morgan fingerprint density at radius 1 is 1.50 bits per heavy atom. The number of ketones is 1. The van der Waals surface area contributed by atoms with E-state index in [1.807, 2.05) is 0 Å². The van der Waals surface area contributed by atoms with Gasteiger partial charge in [-0.1, -0.05) is 19.8 Å². The maximum absolute atomic E-state index is 11.4. The van der Waals surface area contributed by atoms with Crippen LogP contribution in [0.15, 0.2) is 4.99 Å². The van der Waals surface area contributed by atoms with Crippen LogP contribution in [0.3, 0.4) is 0 Å². The number of nitrogens with zero attached hydrogens (tertiary/aromatic N) is 1. The van der Waals surface area contributed by atoms with E-state index < -0.39 is 0 Å². The molecular weight excluding hydrogens is 150 g/mol. The lowest BCUT2D eigenvalue weighted by Gasteiger charge is -1.98. The summed E-state index contributed by atoms with van der Waals surface area (Å²) in [6.45, 7) is 3.02. The molecule has 0 bridgehead atoms. The fourth-order valence-electron chi connectivity index (χ4n) is 1.45. The van der Waals surface area contributed by atoms with E-state index >= 15 is 0 Å². The summed E-state index contributed by atoms with van der Waals surface area (Å²) in [7, 11) is 0. The van der Waals surface area contributed by atoms with Gasteiger partial charge in [0.2, 0.25) is 0 Å². The van der Waals surface area contributed by atoms with Crippen molar-refractivity contribution in [2.45, 2.75) is 45.4 Å². The molecule has 0 atom stereocenters. The Morgan fingerprint density at radius 3 is 2.92 bits per heavy atom. The summed E-state index contributed by atoms with van der Waals surface area (Å²) in [6.07, 6.45) is 6.10. The fraction of sp³-hybridized carbons (Fsp3) is 0.800. The first kappa shape index (κ1) is 9.43. The molecule has 0 fully saturated rings. The van der Waals surface area contributed by atoms with E-state index in [4.69, 9.17) is 0 Å². The van der Waals surface area contributed by atoms with Crippen LogP contribution in [0.5, 0.6) is 0 Å². The molecule has 1 heterocycles. The molecule has 0 aromatic carbocycles. The Balaban J connectivity index is 2.19. The third kappa shape index (κ3) is 2.76. The zero-order chi connectivity index (χ0) is 8.81. The van der Waals surface area contributed by atoms with Gasteiger partial charge in [-0.3, -0.25) is 9.79 Å². The first-order valence-electron chi connectivity index (χ1n) is 4.91. The van der Waals surface area contributed by atoms with Crippen LogP contribution < -0.4 is 0 Å². The maximum Gasteiger partial charge on any atom is 0.176 e. The molecule has 1 aliphatic heterocycles. The molecule has 2 heteroatoms. The van der Waals surface area contributed by atoms with Gasteiger partial charge in [0.25, 0.3) is 0 Å². The van der Waals surface area contributed by atoms with Gasteiger partial charge in [0.1, 0.15) is 0 Å². The van der Waals surface area contributed by atoms with Crippen molar-refractivity contribution in [3.05, 3.63) is 0 Å². The average molecular weight is 167 g/mol. The molecule has 0 saturated heterocycles. The van der Waals surface area contributed by atoms with Crippen LogP contribution in [0, 0.1) is 0 Å². The van der Waals surface area contributed by atoms with E-state index in [0.29, 0.717) is 12.2 Å². The predicted molar refractivity (Wildman–Crippen MR) is 50.7 cm³/mol. The molecule has 0 saturated carbocycles. The fourth-order valence-corrected chi connectivity index (χ4v) is 1.45. The highest BCUT2D eigenvalue weighted by Gasteiger charge is 2.13. The van der Waals surface area contributed by atoms with Crippen molar-refractivity contribution < 1.29 is 4.79 Å². The Morgan fingerprint density at radius 2 is 2.33 bits per heavy atom. The van der Waals surface area contributed by atoms with E-state index in [2.05, 4.69) is 11.9 Å². The second-order valence-corrected chi connectivity index (χ2v) is 3.31. The van der Waals surface area contributed by atoms with Crippen molar-refractivity contribution in [1.82, 2.24) is 0 Å². The quantitative estimate of drug-likeness (QED) is 0.578. The van der Waals surface area contributed by atoms with Crippen LogP contribution in [-0.4, -0.2) is 18.0 Å². The lowest BCUT2D eigenvalue weighted by atomic mass is 10.1. The molecule has 0 radical (unpaired) electrons. The number of carbonyl (C=O) groups excluding carboxylic acids is 1. The summed E-state index contributed by atoms with van der Waals surface area (Å²) >= 11 is 0. The van der Waals surface area contributed by atoms with Crippen molar-refractivity contribution >= 4 is 11.5 Å². The zero-order valence-corrected chi connectivity index (χ0v) is 7.81. The minimum Gasteiger partial charge on any atom is -0.293 e. The largest absolute Gasteiger partial charge is 0.293 e. The minimum atomic E-state index is 0.293. The van der Waals surface area contributed by atoms with Crippen molar-refractivity contribution in [2.24, 2.45) is 4.99 Å². The number of Topliss-reactive ketones (excluding diaryl/α,β-unsaturated/α-hetero) is 1. The summed E-state index contributed by atoms with van der Waals surface area (Å²) in [4.78, 5) is 15.6. The number of carbonyl (C=O) groups is 1. The van der Waals surface area contributed by atoms with Gasteiger partial charge in [-0.05, 0) is 19.3 Å². The lowest BCUT2D eigenvalue weighted by Crippen LogP contribution is -2.10. The number of unbranched alkanes of at least 4 members (excludes halogenated alkanes) is 2. The summed E-state index contributed by atoms with van der Waals surface area (Å²) in [5.74, 6) is 0.293. The van der Waals surface area contributed by atoms with Gasteiger partial charge in [-0.25, -0.2) is 0 Å². The number of aliphatic imine (C=N–C) groups is 1. The molecule has 68 valence electrons. The molecular formula is C10H17NO. The normalized spacial score (nSPS) is 16.2. The van der Waals surface area contributed by atoms with Crippen LogP contribution in [0.25, 0.3) is 0 Å². The second kappa shape index (κ2) is 5.07. The maximum atomic E-state index is 11.4. The molecule has 1 aliphatic rings. The van der Waals surface area contributed by atoms with E-state index in [1.54, 1.807) is 0 Å². The van der Waals surface area contributed by atoms with Crippen molar-refractivity contribution in [3.63, 3.8) is 0 Å². The van der Waals surface area contributed by atoms with Crippen LogP contribution in [0.2, 0.25) is 0 Å². The van der Waals surface area contributed by atoms with Gasteiger partial charge in [0.05, 0.1) is 5.71 Å². The standard InChI is InChI=1S/C10H17NO/c1-2-3-4-7-10(12)9-6-5-8-11-9/h2-8H2,1H3. The third-order valence-corrected chi connectivity index (χ3v) is 2.20. The summed E-state index contributed by atoms with van der Waals surface area (Å²) < 4.78 is 0. The molecule has 0 aromatic rings. The number of hydrogen-bond donors (Lipinski definition) is 0. The van der Waals surface area contributed by atoms with Crippen LogP contribution in [0.4, 0.5) is 0 Å². The van der Waals surface area contributed by atoms with Crippen LogP contribution in [0.1, 0.15) is 45.4 Å². The topological polar surface area (TPSA) is 29.4 Å².